The number of aromatic nitrogens is 1. The molecule has 0 aromatic carbocycles. The highest BCUT2D eigenvalue weighted by molar-refractivity contribution is 5.91. The maximum absolute atomic E-state index is 11.1. The highest BCUT2D eigenvalue weighted by Crippen LogP contribution is 2.31. The van der Waals surface area contributed by atoms with Crippen molar-refractivity contribution in [2.24, 2.45) is 11.8 Å². The number of carboxylic acids is 1. The molecule has 1 saturated carbocycles. The smallest absolute Gasteiger partial charge is 0.356 e. The van der Waals surface area contributed by atoms with Crippen molar-refractivity contribution in [1.29, 1.82) is 0 Å². The van der Waals surface area contributed by atoms with Gasteiger partial charge in [-0.1, -0.05) is 26.7 Å². The summed E-state index contributed by atoms with van der Waals surface area (Å²) in [5.41, 5.74) is 0.749. The van der Waals surface area contributed by atoms with Crippen molar-refractivity contribution in [3.8, 4) is 0 Å². The van der Waals surface area contributed by atoms with E-state index in [-0.39, 0.29) is 5.69 Å². The number of pyridine rings is 1. The van der Waals surface area contributed by atoms with Crippen LogP contribution in [0.4, 0.5) is 5.69 Å². The SMILES string of the molecule is CC1CCCC(Nc2cccnc2C(=O)O)C1C. The molecule has 1 aliphatic rings. The van der Waals surface area contributed by atoms with Gasteiger partial charge in [-0.25, -0.2) is 9.78 Å². The summed E-state index contributed by atoms with van der Waals surface area (Å²) in [6.45, 7) is 4.50. The summed E-state index contributed by atoms with van der Waals surface area (Å²) in [5.74, 6) is 0.261. The van der Waals surface area contributed by atoms with Gasteiger partial charge >= 0.3 is 5.97 Å². The molecule has 2 rings (SSSR count). The van der Waals surface area contributed by atoms with Crippen molar-refractivity contribution in [3.05, 3.63) is 24.0 Å². The number of nitrogens with one attached hydrogen (secondary N) is 1. The van der Waals surface area contributed by atoms with Gasteiger partial charge in [0, 0.05) is 12.2 Å². The van der Waals surface area contributed by atoms with Gasteiger partial charge in [0.05, 0.1) is 5.69 Å². The van der Waals surface area contributed by atoms with Crippen molar-refractivity contribution >= 4 is 11.7 Å². The van der Waals surface area contributed by atoms with E-state index in [2.05, 4.69) is 24.1 Å². The van der Waals surface area contributed by atoms with E-state index in [1.54, 1.807) is 12.1 Å². The predicted octanol–water partition coefficient (Wildman–Crippen LogP) is 3.02. The molecule has 1 aromatic rings. The van der Waals surface area contributed by atoms with E-state index >= 15 is 0 Å². The number of carboxylic acid groups (broad SMARTS) is 1. The lowest BCUT2D eigenvalue weighted by Gasteiger charge is -2.35. The molecule has 1 fully saturated rings. The fourth-order valence-electron chi connectivity index (χ4n) is 2.68. The fraction of sp³-hybridized carbons (Fsp3) is 0.571. The van der Waals surface area contributed by atoms with Crippen molar-refractivity contribution in [2.75, 3.05) is 5.32 Å². The summed E-state index contributed by atoms with van der Waals surface area (Å²) < 4.78 is 0. The molecule has 0 aliphatic heterocycles. The highest BCUT2D eigenvalue weighted by atomic mass is 16.4. The average molecular weight is 248 g/mol. The average Bonchev–Trinajstić information content (AvgIpc) is 2.35. The van der Waals surface area contributed by atoms with Crippen LogP contribution >= 0.6 is 0 Å². The molecule has 0 saturated heterocycles. The number of anilines is 1. The van der Waals surface area contributed by atoms with Crippen LogP contribution in [0.15, 0.2) is 18.3 Å². The second-order valence-electron chi connectivity index (χ2n) is 5.22. The Labute approximate surface area is 107 Å². The minimum absolute atomic E-state index is 0.114. The molecule has 98 valence electrons. The number of carbonyl (C=O) groups is 1. The van der Waals surface area contributed by atoms with Crippen LogP contribution in [-0.2, 0) is 0 Å². The first kappa shape index (κ1) is 12.9. The van der Waals surface area contributed by atoms with Crippen molar-refractivity contribution in [2.45, 2.75) is 39.2 Å². The normalized spacial score (nSPS) is 27.8. The zero-order chi connectivity index (χ0) is 13.1. The van der Waals surface area contributed by atoms with Gasteiger partial charge in [-0.05, 0) is 30.4 Å². The van der Waals surface area contributed by atoms with E-state index in [0.717, 1.165) is 6.42 Å². The summed E-state index contributed by atoms with van der Waals surface area (Å²) in [4.78, 5) is 15.0. The molecule has 2 N–H and O–H groups in total. The molecule has 1 heterocycles. The van der Waals surface area contributed by atoms with Crippen LogP contribution in [-0.4, -0.2) is 22.1 Å². The lowest BCUT2D eigenvalue weighted by molar-refractivity contribution is 0.0691. The molecule has 4 nitrogen and oxygen atoms in total. The monoisotopic (exact) mass is 248 g/mol. The lowest BCUT2D eigenvalue weighted by Crippen LogP contribution is -2.35. The Balaban J connectivity index is 2.16. The fourth-order valence-corrected chi connectivity index (χ4v) is 2.68. The summed E-state index contributed by atoms with van der Waals surface area (Å²) in [7, 11) is 0. The topological polar surface area (TPSA) is 62.2 Å². The Hall–Kier alpha value is -1.58. The van der Waals surface area contributed by atoms with E-state index in [1.165, 1.54) is 19.0 Å². The zero-order valence-electron chi connectivity index (χ0n) is 10.9. The van der Waals surface area contributed by atoms with Crippen LogP contribution in [0.2, 0.25) is 0 Å². The van der Waals surface area contributed by atoms with Crippen LogP contribution in [0.3, 0.4) is 0 Å². The molecule has 1 aliphatic carbocycles. The van der Waals surface area contributed by atoms with E-state index in [4.69, 9.17) is 5.11 Å². The third-order valence-corrected chi connectivity index (χ3v) is 4.06. The van der Waals surface area contributed by atoms with Crippen LogP contribution in [0.25, 0.3) is 0 Å². The second-order valence-corrected chi connectivity index (χ2v) is 5.22. The summed E-state index contributed by atoms with van der Waals surface area (Å²) in [5, 5.41) is 12.5. The van der Waals surface area contributed by atoms with Crippen molar-refractivity contribution in [1.82, 2.24) is 4.98 Å². The number of rotatable bonds is 3. The molecular weight excluding hydrogens is 228 g/mol. The minimum Gasteiger partial charge on any atom is -0.476 e. The Bertz CT molecular complexity index is 434. The first-order chi connectivity index (χ1) is 8.59. The molecule has 4 heteroatoms. The Morgan fingerprint density at radius 2 is 2.22 bits per heavy atom. The second kappa shape index (κ2) is 5.38. The van der Waals surface area contributed by atoms with Crippen LogP contribution in [0.1, 0.15) is 43.6 Å². The van der Waals surface area contributed by atoms with E-state index in [9.17, 15) is 4.79 Å². The molecule has 3 unspecified atom stereocenters. The lowest BCUT2D eigenvalue weighted by atomic mass is 9.78. The van der Waals surface area contributed by atoms with E-state index in [1.807, 2.05) is 0 Å². The van der Waals surface area contributed by atoms with Gasteiger partial charge in [0.1, 0.15) is 0 Å². The van der Waals surface area contributed by atoms with Gasteiger partial charge in [0.2, 0.25) is 0 Å². The predicted molar refractivity (Wildman–Crippen MR) is 70.8 cm³/mol. The molecule has 3 atom stereocenters. The van der Waals surface area contributed by atoms with Crippen LogP contribution < -0.4 is 5.32 Å². The minimum atomic E-state index is -0.977. The summed E-state index contributed by atoms with van der Waals surface area (Å²) in [6.07, 6.45) is 5.07. The van der Waals surface area contributed by atoms with Crippen molar-refractivity contribution in [3.63, 3.8) is 0 Å². The molecular formula is C14H20N2O2. The number of hydrogen-bond acceptors (Lipinski definition) is 3. The molecule has 0 spiro atoms. The Morgan fingerprint density at radius 3 is 2.94 bits per heavy atom. The standard InChI is InChI=1S/C14H20N2O2/c1-9-5-3-6-11(10(9)2)16-12-7-4-8-15-13(12)14(17)18/h4,7-11,16H,3,5-6H2,1-2H3,(H,17,18). The molecule has 0 radical (unpaired) electrons. The summed E-state index contributed by atoms with van der Waals surface area (Å²) in [6, 6.07) is 3.91. The van der Waals surface area contributed by atoms with Crippen LogP contribution in [0, 0.1) is 11.8 Å². The highest BCUT2D eigenvalue weighted by Gasteiger charge is 2.27. The first-order valence-corrected chi connectivity index (χ1v) is 6.54. The third kappa shape index (κ3) is 2.63. The largest absolute Gasteiger partial charge is 0.476 e. The quantitative estimate of drug-likeness (QED) is 0.863. The third-order valence-electron chi connectivity index (χ3n) is 4.06. The maximum atomic E-state index is 11.1. The molecule has 18 heavy (non-hydrogen) atoms. The number of aromatic carboxylic acids is 1. The molecule has 1 aromatic heterocycles. The first-order valence-electron chi connectivity index (χ1n) is 6.54. The van der Waals surface area contributed by atoms with E-state index in [0.29, 0.717) is 23.6 Å². The molecule has 0 bridgehead atoms. The maximum Gasteiger partial charge on any atom is 0.356 e. The van der Waals surface area contributed by atoms with E-state index < -0.39 is 5.97 Å². The zero-order valence-corrected chi connectivity index (χ0v) is 10.9. The van der Waals surface area contributed by atoms with Crippen molar-refractivity contribution < 1.29 is 9.90 Å². The Kier molecular flexibility index (Phi) is 3.84. The Morgan fingerprint density at radius 1 is 1.44 bits per heavy atom. The van der Waals surface area contributed by atoms with Gasteiger partial charge in [0.15, 0.2) is 5.69 Å². The van der Waals surface area contributed by atoms with Gasteiger partial charge in [-0.2, -0.15) is 0 Å². The number of hydrogen-bond donors (Lipinski definition) is 2. The summed E-state index contributed by atoms with van der Waals surface area (Å²) >= 11 is 0. The van der Waals surface area contributed by atoms with Gasteiger partial charge in [-0.3, -0.25) is 0 Å². The van der Waals surface area contributed by atoms with Crippen LogP contribution in [0.5, 0.6) is 0 Å². The molecule has 0 amide bonds. The van der Waals surface area contributed by atoms with Gasteiger partial charge < -0.3 is 10.4 Å². The van der Waals surface area contributed by atoms with Gasteiger partial charge in [0.25, 0.3) is 0 Å². The number of nitrogens with zero attached hydrogens (tertiary/aromatic N) is 1. The van der Waals surface area contributed by atoms with Gasteiger partial charge in [-0.15, -0.1) is 0 Å².